The molecule has 2 heterocycles. The van der Waals surface area contributed by atoms with Gasteiger partial charge in [-0.2, -0.15) is 5.10 Å². The van der Waals surface area contributed by atoms with Crippen molar-refractivity contribution in [1.29, 1.82) is 0 Å². The molecule has 0 spiro atoms. The Balaban J connectivity index is 1.52. The van der Waals surface area contributed by atoms with Gasteiger partial charge in [-0.3, -0.25) is 9.89 Å². The third-order valence-electron chi connectivity index (χ3n) is 4.34. The molecule has 0 aliphatic carbocycles. The van der Waals surface area contributed by atoms with Crippen molar-refractivity contribution in [2.75, 3.05) is 5.75 Å². The number of amides is 1. The molecule has 0 saturated carbocycles. The molecule has 3 aromatic rings. The van der Waals surface area contributed by atoms with Crippen LogP contribution < -0.4 is 5.32 Å². The van der Waals surface area contributed by atoms with Gasteiger partial charge in [-0.25, -0.2) is 9.37 Å². The lowest BCUT2D eigenvalue weighted by molar-refractivity contribution is 0.0934. The highest BCUT2D eigenvalue weighted by Gasteiger charge is 2.24. The molecule has 27 heavy (non-hydrogen) atoms. The van der Waals surface area contributed by atoms with Gasteiger partial charge < -0.3 is 5.32 Å². The number of hydrogen-bond acceptors (Lipinski definition) is 5. The predicted octanol–water partition coefficient (Wildman–Crippen LogP) is 4.20. The van der Waals surface area contributed by atoms with Gasteiger partial charge in [-0.05, 0) is 41.8 Å². The molecule has 5 nitrogen and oxygen atoms in total. The lowest BCUT2D eigenvalue weighted by Crippen LogP contribution is -2.31. The lowest BCUT2D eigenvalue weighted by atomic mass is 10.0. The van der Waals surface area contributed by atoms with Gasteiger partial charge in [-0.15, -0.1) is 11.8 Å². The maximum atomic E-state index is 13.7. The second kappa shape index (κ2) is 8.14. The first-order valence-corrected chi connectivity index (χ1v) is 10.5. The van der Waals surface area contributed by atoms with E-state index in [2.05, 4.69) is 20.5 Å². The summed E-state index contributed by atoms with van der Waals surface area (Å²) in [5.74, 6) is 1.08. The molecule has 4 rings (SSSR count). The molecule has 1 aliphatic heterocycles. The predicted molar refractivity (Wildman–Crippen MR) is 104 cm³/mol. The molecule has 8 heteroatoms. The van der Waals surface area contributed by atoms with Gasteiger partial charge in [0.05, 0.1) is 6.04 Å². The summed E-state index contributed by atoms with van der Waals surface area (Å²) in [6, 6.07) is 12.1. The van der Waals surface area contributed by atoms with Crippen LogP contribution in [0.3, 0.4) is 0 Å². The normalized spacial score (nSPS) is 16.0. The Morgan fingerprint density at radius 3 is 3.07 bits per heavy atom. The molecular weight excluding hydrogens is 383 g/mol. The van der Waals surface area contributed by atoms with E-state index in [-0.39, 0.29) is 17.8 Å². The molecule has 1 amide bonds. The molecule has 138 valence electrons. The number of fused-ring (bicyclic) bond motifs is 1. The summed E-state index contributed by atoms with van der Waals surface area (Å²) in [6.07, 6.45) is 2.24. The van der Waals surface area contributed by atoms with Gasteiger partial charge in [0.1, 0.15) is 12.1 Å². The number of aromatic amines is 1. The zero-order valence-corrected chi connectivity index (χ0v) is 15.9. The summed E-state index contributed by atoms with van der Waals surface area (Å²) in [5.41, 5.74) is 2.40. The van der Waals surface area contributed by atoms with E-state index in [0.717, 1.165) is 28.2 Å². The van der Waals surface area contributed by atoms with Crippen molar-refractivity contribution in [3.05, 3.63) is 71.3 Å². The summed E-state index contributed by atoms with van der Waals surface area (Å²) < 4.78 is 13.7. The molecule has 0 fully saturated rings. The fourth-order valence-electron chi connectivity index (χ4n) is 3.03. The summed E-state index contributed by atoms with van der Waals surface area (Å²) in [6.45, 7) is 0. The number of rotatable bonds is 5. The number of thioether (sulfide) groups is 2. The van der Waals surface area contributed by atoms with E-state index in [1.807, 2.05) is 24.3 Å². The van der Waals surface area contributed by atoms with Crippen LogP contribution in [0.15, 0.2) is 58.8 Å². The van der Waals surface area contributed by atoms with E-state index in [9.17, 15) is 9.18 Å². The van der Waals surface area contributed by atoms with Crippen LogP contribution in [0.25, 0.3) is 0 Å². The number of nitrogens with zero attached hydrogens (tertiary/aromatic N) is 2. The molecule has 2 aromatic carbocycles. The molecule has 0 radical (unpaired) electrons. The van der Waals surface area contributed by atoms with Gasteiger partial charge in [0, 0.05) is 22.0 Å². The fourth-order valence-corrected chi connectivity index (χ4v) is 4.92. The first kappa shape index (κ1) is 18.1. The summed E-state index contributed by atoms with van der Waals surface area (Å²) in [5, 5.41) is 10.4. The van der Waals surface area contributed by atoms with Gasteiger partial charge in [0.25, 0.3) is 5.91 Å². The van der Waals surface area contributed by atoms with Crippen molar-refractivity contribution < 1.29 is 9.18 Å². The summed E-state index contributed by atoms with van der Waals surface area (Å²) >= 11 is 3.18. The van der Waals surface area contributed by atoms with Crippen LogP contribution in [0.2, 0.25) is 0 Å². The highest BCUT2D eigenvalue weighted by atomic mass is 32.2. The Bertz CT molecular complexity index is 949. The van der Waals surface area contributed by atoms with Crippen molar-refractivity contribution in [1.82, 2.24) is 20.5 Å². The summed E-state index contributed by atoms with van der Waals surface area (Å²) in [7, 11) is 0. The van der Waals surface area contributed by atoms with Crippen molar-refractivity contribution in [2.24, 2.45) is 0 Å². The first-order chi connectivity index (χ1) is 13.2. The van der Waals surface area contributed by atoms with E-state index in [1.54, 1.807) is 17.8 Å². The Labute approximate surface area is 164 Å². The minimum Gasteiger partial charge on any atom is -0.345 e. The van der Waals surface area contributed by atoms with Crippen LogP contribution in [0, 0.1) is 5.82 Å². The third kappa shape index (κ3) is 4.17. The number of carbonyl (C=O) groups is 1. The SMILES string of the molecule is O=C(NC1CCSc2ccc(F)cc21)c1ccccc1CSc1ncn[nH]1. The van der Waals surface area contributed by atoms with Gasteiger partial charge in [-0.1, -0.05) is 30.0 Å². The maximum Gasteiger partial charge on any atom is 0.252 e. The first-order valence-electron chi connectivity index (χ1n) is 8.50. The van der Waals surface area contributed by atoms with Crippen molar-refractivity contribution in [3.63, 3.8) is 0 Å². The quantitative estimate of drug-likeness (QED) is 0.628. The number of aromatic nitrogens is 3. The summed E-state index contributed by atoms with van der Waals surface area (Å²) in [4.78, 5) is 18.1. The smallest absolute Gasteiger partial charge is 0.252 e. The van der Waals surface area contributed by atoms with Crippen LogP contribution in [0.5, 0.6) is 0 Å². The molecular formula is C19H17FN4OS2. The van der Waals surface area contributed by atoms with E-state index >= 15 is 0 Å². The van der Waals surface area contributed by atoms with Crippen molar-refractivity contribution >= 4 is 29.4 Å². The molecule has 1 aromatic heterocycles. The highest BCUT2D eigenvalue weighted by molar-refractivity contribution is 7.99. The molecule has 1 atom stereocenters. The van der Waals surface area contributed by atoms with E-state index in [4.69, 9.17) is 0 Å². The number of nitrogens with one attached hydrogen (secondary N) is 2. The number of H-pyrrole nitrogens is 1. The minimum atomic E-state index is -0.278. The topological polar surface area (TPSA) is 70.7 Å². The molecule has 1 unspecified atom stereocenters. The van der Waals surface area contributed by atoms with Crippen LogP contribution in [0.4, 0.5) is 4.39 Å². The van der Waals surface area contributed by atoms with Gasteiger partial charge in [0.2, 0.25) is 0 Å². The van der Waals surface area contributed by atoms with Crippen LogP contribution >= 0.6 is 23.5 Å². The molecule has 1 aliphatic rings. The largest absolute Gasteiger partial charge is 0.345 e. The lowest BCUT2D eigenvalue weighted by Gasteiger charge is -2.26. The minimum absolute atomic E-state index is 0.143. The second-order valence-electron chi connectivity index (χ2n) is 6.08. The fraction of sp³-hybridized carbons (Fsp3) is 0.211. The van der Waals surface area contributed by atoms with E-state index in [0.29, 0.717) is 16.5 Å². The Kier molecular flexibility index (Phi) is 5.45. The second-order valence-corrected chi connectivity index (χ2v) is 8.18. The third-order valence-corrected chi connectivity index (χ3v) is 6.38. The maximum absolute atomic E-state index is 13.7. The monoisotopic (exact) mass is 400 g/mol. The number of hydrogen-bond donors (Lipinski definition) is 2. The zero-order valence-electron chi connectivity index (χ0n) is 14.3. The van der Waals surface area contributed by atoms with Crippen LogP contribution in [-0.4, -0.2) is 26.8 Å². The zero-order chi connectivity index (χ0) is 18.6. The number of carbonyl (C=O) groups excluding carboxylic acids is 1. The van der Waals surface area contributed by atoms with Crippen molar-refractivity contribution in [3.8, 4) is 0 Å². The average molecular weight is 401 g/mol. The standard InChI is InChI=1S/C19H17FN4OS2/c20-13-5-6-17-15(9-13)16(7-8-26-17)23-18(25)14-4-2-1-3-12(14)10-27-19-21-11-22-24-19/h1-6,9,11,16H,7-8,10H2,(H,23,25)(H,21,22,24). The Hall–Kier alpha value is -2.32. The Morgan fingerprint density at radius 2 is 2.22 bits per heavy atom. The van der Waals surface area contributed by atoms with E-state index < -0.39 is 0 Å². The van der Waals surface area contributed by atoms with Crippen LogP contribution in [-0.2, 0) is 5.75 Å². The highest BCUT2D eigenvalue weighted by Crippen LogP contribution is 2.36. The number of benzene rings is 2. The number of halogens is 1. The average Bonchev–Trinajstić information content (AvgIpc) is 3.21. The van der Waals surface area contributed by atoms with Crippen molar-refractivity contribution in [2.45, 2.75) is 28.3 Å². The van der Waals surface area contributed by atoms with Gasteiger partial charge >= 0.3 is 0 Å². The van der Waals surface area contributed by atoms with Crippen LogP contribution in [0.1, 0.15) is 33.9 Å². The van der Waals surface area contributed by atoms with Gasteiger partial charge in [0.15, 0.2) is 5.16 Å². The molecule has 0 saturated heterocycles. The molecule has 2 N–H and O–H groups in total. The Morgan fingerprint density at radius 1 is 1.33 bits per heavy atom. The van der Waals surface area contributed by atoms with E-state index in [1.165, 1.54) is 30.2 Å². The molecule has 0 bridgehead atoms.